The molecule has 2 heterocycles. The first kappa shape index (κ1) is 16.8. The Kier molecular flexibility index (Phi) is 4.05. The van der Waals surface area contributed by atoms with Crippen LogP contribution in [0.5, 0.6) is 0 Å². The van der Waals surface area contributed by atoms with Gasteiger partial charge in [0, 0.05) is 23.0 Å². The maximum Gasteiger partial charge on any atom is 0.324 e. The van der Waals surface area contributed by atoms with Crippen molar-refractivity contribution >= 4 is 26.9 Å². The van der Waals surface area contributed by atoms with Crippen molar-refractivity contribution in [3.8, 4) is 0 Å². The molecule has 0 saturated carbocycles. The van der Waals surface area contributed by atoms with E-state index in [0.29, 0.717) is 0 Å². The van der Waals surface area contributed by atoms with E-state index in [0.717, 1.165) is 22.2 Å². The highest BCUT2D eigenvalue weighted by Gasteiger charge is 2.41. The van der Waals surface area contributed by atoms with Crippen molar-refractivity contribution in [3.63, 3.8) is 0 Å². The minimum absolute atomic E-state index is 0.0982. The summed E-state index contributed by atoms with van der Waals surface area (Å²) in [6.45, 7) is 0.0982. The average Bonchev–Trinajstić information content (AvgIpc) is 3.04. The molecule has 0 radical (unpaired) electrons. The van der Waals surface area contributed by atoms with Crippen molar-refractivity contribution in [3.05, 3.63) is 65.9 Å². The van der Waals surface area contributed by atoms with Crippen LogP contribution in [0.25, 0.3) is 10.9 Å². The van der Waals surface area contributed by atoms with Crippen molar-refractivity contribution in [2.45, 2.75) is 23.9 Å². The van der Waals surface area contributed by atoms with E-state index < -0.39 is 22.0 Å². The molecule has 0 spiro atoms. The zero-order valence-corrected chi connectivity index (χ0v) is 15.0. The fourth-order valence-electron chi connectivity index (χ4n) is 3.50. The number of aromatic nitrogens is 1. The fourth-order valence-corrected chi connectivity index (χ4v) is 5.07. The standard InChI is InChI=1S/C19H18N2O4S/c1-25-19(22)18-11-15-14-9-5-6-10-16(14)20-17(15)12-21(18)26(23,24)13-7-3-2-4-8-13/h2-10,18,20H,11-12H2,1H3. The Bertz CT molecular complexity index is 1070. The van der Waals surface area contributed by atoms with E-state index in [4.69, 9.17) is 4.74 Å². The Balaban J connectivity index is 1.84. The third-order valence-corrected chi connectivity index (χ3v) is 6.65. The van der Waals surface area contributed by atoms with Crippen LogP contribution in [-0.4, -0.2) is 36.8 Å². The van der Waals surface area contributed by atoms with Crippen LogP contribution in [0.15, 0.2) is 59.5 Å². The Morgan fingerprint density at radius 3 is 2.54 bits per heavy atom. The van der Waals surface area contributed by atoms with Crippen LogP contribution in [0.3, 0.4) is 0 Å². The second-order valence-corrected chi connectivity index (χ2v) is 8.12. The van der Waals surface area contributed by atoms with Crippen molar-refractivity contribution in [1.29, 1.82) is 0 Å². The van der Waals surface area contributed by atoms with E-state index in [1.165, 1.54) is 23.5 Å². The lowest BCUT2D eigenvalue weighted by Gasteiger charge is -2.32. The van der Waals surface area contributed by atoms with E-state index in [9.17, 15) is 13.2 Å². The van der Waals surface area contributed by atoms with Crippen molar-refractivity contribution < 1.29 is 17.9 Å². The molecule has 1 unspecified atom stereocenters. The van der Waals surface area contributed by atoms with Gasteiger partial charge >= 0.3 is 5.97 Å². The Morgan fingerprint density at radius 2 is 1.81 bits per heavy atom. The number of hydrogen-bond donors (Lipinski definition) is 1. The molecule has 3 aromatic rings. The van der Waals surface area contributed by atoms with Crippen molar-refractivity contribution in [1.82, 2.24) is 9.29 Å². The molecule has 4 rings (SSSR count). The highest BCUT2D eigenvalue weighted by atomic mass is 32.2. The van der Waals surface area contributed by atoms with E-state index in [1.54, 1.807) is 18.2 Å². The molecule has 1 N–H and O–H groups in total. The van der Waals surface area contributed by atoms with Crippen LogP contribution >= 0.6 is 0 Å². The number of fused-ring (bicyclic) bond motifs is 3. The van der Waals surface area contributed by atoms with Crippen molar-refractivity contribution in [2.24, 2.45) is 0 Å². The van der Waals surface area contributed by atoms with Crippen LogP contribution in [0.1, 0.15) is 11.3 Å². The lowest BCUT2D eigenvalue weighted by atomic mass is 9.98. The van der Waals surface area contributed by atoms with Gasteiger partial charge in [0.05, 0.1) is 18.6 Å². The molecular formula is C19H18N2O4S. The van der Waals surface area contributed by atoms with Gasteiger partial charge in [-0.25, -0.2) is 8.42 Å². The molecule has 0 saturated heterocycles. The summed E-state index contributed by atoms with van der Waals surface area (Å²) in [6, 6.07) is 15.0. The van der Waals surface area contributed by atoms with Gasteiger partial charge < -0.3 is 9.72 Å². The molecule has 0 bridgehead atoms. The van der Waals surface area contributed by atoms with E-state index >= 15 is 0 Å². The predicted octanol–water partition coefficient (Wildman–Crippen LogP) is 2.46. The molecule has 7 heteroatoms. The molecule has 1 aliphatic heterocycles. The first-order chi connectivity index (χ1) is 12.5. The van der Waals surface area contributed by atoms with Gasteiger partial charge in [-0.1, -0.05) is 36.4 Å². The summed E-state index contributed by atoms with van der Waals surface area (Å²) in [5, 5.41) is 1.01. The van der Waals surface area contributed by atoms with E-state index in [-0.39, 0.29) is 17.9 Å². The van der Waals surface area contributed by atoms with Gasteiger partial charge in [0.2, 0.25) is 10.0 Å². The van der Waals surface area contributed by atoms with Crippen LogP contribution < -0.4 is 0 Å². The minimum Gasteiger partial charge on any atom is -0.468 e. The SMILES string of the molecule is COC(=O)C1Cc2c([nH]c3ccccc23)CN1S(=O)(=O)c1ccccc1. The number of esters is 1. The molecule has 26 heavy (non-hydrogen) atoms. The first-order valence-corrected chi connectivity index (χ1v) is 9.69. The van der Waals surface area contributed by atoms with E-state index in [2.05, 4.69) is 4.98 Å². The number of benzene rings is 2. The lowest BCUT2D eigenvalue weighted by Crippen LogP contribution is -2.48. The Morgan fingerprint density at radius 1 is 1.12 bits per heavy atom. The second kappa shape index (κ2) is 6.26. The maximum atomic E-state index is 13.1. The number of sulfonamides is 1. The summed E-state index contributed by atoms with van der Waals surface area (Å²) < 4.78 is 32.4. The number of aromatic amines is 1. The van der Waals surface area contributed by atoms with Crippen LogP contribution in [-0.2, 0) is 32.5 Å². The van der Waals surface area contributed by atoms with Gasteiger partial charge in [-0.3, -0.25) is 4.79 Å². The van der Waals surface area contributed by atoms with E-state index in [1.807, 2.05) is 24.3 Å². The summed E-state index contributed by atoms with van der Waals surface area (Å²) >= 11 is 0. The summed E-state index contributed by atoms with van der Waals surface area (Å²) in [6.07, 6.45) is 0.276. The fraction of sp³-hybridized carbons (Fsp3) is 0.211. The molecule has 0 aliphatic carbocycles. The van der Waals surface area contributed by atoms with Gasteiger partial charge in [0.25, 0.3) is 0 Å². The number of methoxy groups -OCH3 is 1. The van der Waals surface area contributed by atoms with Gasteiger partial charge in [-0.15, -0.1) is 0 Å². The molecule has 2 aromatic carbocycles. The number of carbonyl (C=O) groups excluding carboxylic acids is 1. The Labute approximate surface area is 151 Å². The number of hydrogen-bond acceptors (Lipinski definition) is 4. The summed E-state index contributed by atoms with van der Waals surface area (Å²) in [4.78, 5) is 15.8. The van der Waals surface area contributed by atoms with Crippen LogP contribution in [0.4, 0.5) is 0 Å². The zero-order chi connectivity index (χ0) is 18.3. The Hall–Kier alpha value is -2.64. The molecule has 134 valence electrons. The smallest absolute Gasteiger partial charge is 0.324 e. The number of H-pyrrole nitrogens is 1. The molecule has 0 amide bonds. The number of para-hydroxylation sites is 1. The summed E-state index contributed by atoms with van der Waals surface area (Å²) in [5.41, 5.74) is 2.71. The largest absolute Gasteiger partial charge is 0.468 e. The second-order valence-electron chi connectivity index (χ2n) is 6.23. The zero-order valence-electron chi connectivity index (χ0n) is 14.2. The number of ether oxygens (including phenoxy) is 1. The molecule has 1 atom stereocenters. The highest BCUT2D eigenvalue weighted by molar-refractivity contribution is 7.89. The highest BCUT2D eigenvalue weighted by Crippen LogP contribution is 2.33. The number of nitrogens with one attached hydrogen (secondary N) is 1. The summed E-state index contributed by atoms with van der Waals surface area (Å²) in [5.74, 6) is -0.555. The number of rotatable bonds is 3. The molecular weight excluding hydrogens is 352 g/mol. The van der Waals surface area contributed by atoms with Gasteiger partial charge in [0.15, 0.2) is 0 Å². The van der Waals surface area contributed by atoms with Crippen molar-refractivity contribution in [2.75, 3.05) is 7.11 Å². The lowest BCUT2D eigenvalue weighted by molar-refractivity contribution is -0.145. The normalized spacial score (nSPS) is 17.8. The number of carbonyl (C=O) groups is 1. The molecule has 6 nitrogen and oxygen atoms in total. The average molecular weight is 370 g/mol. The predicted molar refractivity (Wildman–Crippen MR) is 97.0 cm³/mol. The van der Waals surface area contributed by atoms with Crippen LogP contribution in [0.2, 0.25) is 0 Å². The molecule has 1 aromatic heterocycles. The monoisotopic (exact) mass is 370 g/mol. The minimum atomic E-state index is -3.83. The van der Waals surface area contributed by atoms with Gasteiger partial charge in [0.1, 0.15) is 6.04 Å². The van der Waals surface area contributed by atoms with Gasteiger partial charge in [-0.05, 0) is 23.8 Å². The maximum absolute atomic E-state index is 13.1. The third-order valence-electron chi connectivity index (χ3n) is 4.78. The summed E-state index contributed by atoms with van der Waals surface area (Å²) in [7, 11) is -2.56. The van der Waals surface area contributed by atoms with Gasteiger partial charge in [-0.2, -0.15) is 4.31 Å². The number of nitrogens with zero attached hydrogens (tertiary/aromatic N) is 1. The quantitative estimate of drug-likeness (QED) is 0.718. The van der Waals surface area contributed by atoms with Crippen LogP contribution in [0, 0.1) is 0 Å². The first-order valence-electron chi connectivity index (χ1n) is 8.25. The topological polar surface area (TPSA) is 79.5 Å². The third kappa shape index (κ3) is 2.60. The molecule has 0 fully saturated rings. The molecule has 1 aliphatic rings.